The van der Waals surface area contributed by atoms with Crippen molar-refractivity contribution in [1.29, 1.82) is 0 Å². The van der Waals surface area contributed by atoms with E-state index < -0.39 is 27.9 Å². The van der Waals surface area contributed by atoms with E-state index in [1.807, 2.05) is 61.2 Å². The molecule has 2 N–H and O–H groups in total. The molecule has 3 aliphatic heterocycles. The summed E-state index contributed by atoms with van der Waals surface area (Å²) in [5.41, 5.74) is 5.89. The van der Waals surface area contributed by atoms with Gasteiger partial charge in [-0.2, -0.15) is 0 Å². The van der Waals surface area contributed by atoms with E-state index in [9.17, 15) is 18.0 Å². The number of sulfonamides is 1. The second kappa shape index (κ2) is 21.5. The second-order valence-corrected chi connectivity index (χ2v) is 19.4. The maximum Gasteiger partial charge on any atom is 0.273 e. The van der Waals surface area contributed by atoms with Crippen LogP contribution >= 0.6 is 11.6 Å². The van der Waals surface area contributed by atoms with E-state index in [1.54, 1.807) is 34.2 Å². The molecule has 0 radical (unpaired) electrons. The molecule has 1 saturated heterocycles. The molecule has 3 amide bonds. The molecule has 65 heavy (non-hydrogen) atoms. The molecule has 0 aromatic heterocycles. The lowest BCUT2D eigenvalue weighted by molar-refractivity contribution is -0.127. The Morgan fingerprint density at radius 1 is 0.908 bits per heavy atom. The first-order valence-corrected chi connectivity index (χ1v) is 24.6. The Morgan fingerprint density at radius 2 is 1.63 bits per heavy atom. The highest BCUT2D eigenvalue weighted by atomic mass is 35.5. The number of benzene rings is 4. The summed E-state index contributed by atoms with van der Waals surface area (Å²) in [6, 6.07) is 22.0. The fraction of sp³-hybridized carbons (Fsp3) is 0.449. The summed E-state index contributed by atoms with van der Waals surface area (Å²) in [6.07, 6.45) is 4.06. The van der Waals surface area contributed by atoms with Crippen LogP contribution < -0.4 is 19.9 Å². The molecule has 0 bridgehead atoms. The average Bonchev–Trinajstić information content (AvgIpc) is 3.60. The topological polar surface area (TPSA) is 144 Å². The molecule has 3 aliphatic rings. The number of hydrogen-bond donors (Lipinski definition) is 2. The predicted octanol–water partition coefficient (Wildman–Crippen LogP) is 6.39. The van der Waals surface area contributed by atoms with Gasteiger partial charge >= 0.3 is 0 Å². The van der Waals surface area contributed by atoms with Crippen molar-refractivity contribution in [1.82, 2.24) is 29.7 Å². The summed E-state index contributed by atoms with van der Waals surface area (Å²) in [4.78, 5) is 51.8. The number of carbonyl (C=O) groups is 3. The summed E-state index contributed by atoms with van der Waals surface area (Å²) in [6.45, 7) is 12.0. The maximum absolute atomic E-state index is 15.2. The molecule has 7 rings (SSSR count). The van der Waals surface area contributed by atoms with E-state index in [4.69, 9.17) is 21.1 Å². The Balaban J connectivity index is 1.24. The van der Waals surface area contributed by atoms with E-state index in [2.05, 4.69) is 35.0 Å². The minimum atomic E-state index is -4.48. The number of likely N-dealkylation sites (N-methyl/N-ethyl adjacent to an activating group) is 1. The highest BCUT2D eigenvalue weighted by molar-refractivity contribution is 7.90. The highest BCUT2D eigenvalue weighted by Crippen LogP contribution is 2.34. The van der Waals surface area contributed by atoms with Gasteiger partial charge in [0.2, 0.25) is 0 Å². The number of unbranched alkanes of at least 4 members (excludes halogenated alkanes) is 2. The van der Waals surface area contributed by atoms with Gasteiger partial charge in [0.05, 0.1) is 46.0 Å². The van der Waals surface area contributed by atoms with Crippen LogP contribution in [0.3, 0.4) is 0 Å². The quantitative estimate of drug-likeness (QED) is 0.115. The Hall–Kier alpha value is -5.03. The summed E-state index contributed by atoms with van der Waals surface area (Å²) >= 11 is 6.94. The van der Waals surface area contributed by atoms with Crippen molar-refractivity contribution in [3.63, 3.8) is 0 Å². The molecule has 4 aromatic carbocycles. The lowest BCUT2D eigenvalue weighted by atomic mass is 9.92. The number of hydrazine groups is 1. The number of morpholine rings is 1. The van der Waals surface area contributed by atoms with E-state index in [0.29, 0.717) is 74.3 Å². The van der Waals surface area contributed by atoms with Gasteiger partial charge in [0, 0.05) is 57.2 Å². The Morgan fingerprint density at radius 3 is 2.34 bits per heavy atom. The van der Waals surface area contributed by atoms with Crippen molar-refractivity contribution in [2.24, 2.45) is 0 Å². The molecule has 0 spiro atoms. The third kappa shape index (κ3) is 11.2. The smallest absolute Gasteiger partial charge is 0.273 e. The number of rotatable bonds is 18. The SMILES string of the molecule is CCCCN(CCCC)C(=O)C1=C(Cl)C(C)NN1c1ccc(C(=O)NS(=O)(=O)c2ccc3cccc(OCCN4CCOCC4)c3c2)c(C(=O)N2Cc3ccccc3CC2CN(C)C)c1. The summed E-state index contributed by atoms with van der Waals surface area (Å²) in [5.74, 6) is -1.15. The van der Waals surface area contributed by atoms with E-state index in [-0.39, 0.29) is 40.2 Å². The molecule has 3 heterocycles. The summed E-state index contributed by atoms with van der Waals surface area (Å²) in [5, 5.41) is 3.27. The van der Waals surface area contributed by atoms with Crippen molar-refractivity contribution in [2.45, 2.75) is 76.4 Å². The van der Waals surface area contributed by atoms with Crippen LogP contribution in [-0.4, -0.2) is 131 Å². The Bertz CT molecular complexity index is 2500. The van der Waals surface area contributed by atoms with Gasteiger partial charge in [-0.3, -0.25) is 24.3 Å². The zero-order chi connectivity index (χ0) is 46.3. The number of fused-ring (bicyclic) bond motifs is 2. The average molecular weight is 929 g/mol. The molecule has 0 saturated carbocycles. The molecule has 2 unspecified atom stereocenters. The lowest BCUT2D eigenvalue weighted by Crippen LogP contribution is -2.49. The van der Waals surface area contributed by atoms with Gasteiger partial charge in [0.25, 0.3) is 27.7 Å². The van der Waals surface area contributed by atoms with Crippen molar-refractivity contribution >= 4 is 55.8 Å². The van der Waals surface area contributed by atoms with Crippen LogP contribution in [0.2, 0.25) is 0 Å². The number of amides is 3. The van der Waals surface area contributed by atoms with Crippen LogP contribution in [0.5, 0.6) is 5.75 Å². The highest BCUT2D eigenvalue weighted by Gasteiger charge is 2.38. The zero-order valence-electron chi connectivity index (χ0n) is 38.1. The number of halogens is 1. The molecule has 4 aromatic rings. The number of anilines is 1. The van der Waals surface area contributed by atoms with Crippen LogP contribution in [-0.2, 0) is 32.5 Å². The van der Waals surface area contributed by atoms with Crippen LogP contribution in [0.4, 0.5) is 5.69 Å². The van der Waals surface area contributed by atoms with Crippen LogP contribution in [0.15, 0.2) is 94.5 Å². The monoisotopic (exact) mass is 927 g/mol. The number of hydrogen-bond acceptors (Lipinski definition) is 11. The third-order valence-corrected chi connectivity index (χ3v) is 14.1. The normalized spacial score (nSPS) is 18.0. The molecule has 348 valence electrons. The largest absolute Gasteiger partial charge is 0.492 e. The van der Waals surface area contributed by atoms with Crippen molar-refractivity contribution in [3.8, 4) is 5.75 Å². The van der Waals surface area contributed by atoms with Crippen molar-refractivity contribution in [2.75, 3.05) is 78.2 Å². The number of nitrogens with zero attached hydrogens (tertiary/aromatic N) is 5. The van der Waals surface area contributed by atoms with Gasteiger partial charge in [0.1, 0.15) is 18.1 Å². The van der Waals surface area contributed by atoms with E-state index in [1.165, 1.54) is 18.2 Å². The fourth-order valence-electron chi connectivity index (χ4n) is 8.66. The molecular formula is C49H62ClN7O7S. The lowest BCUT2D eigenvalue weighted by Gasteiger charge is -2.39. The van der Waals surface area contributed by atoms with Gasteiger partial charge < -0.3 is 24.2 Å². The first kappa shape index (κ1) is 47.9. The molecule has 16 heteroatoms. The van der Waals surface area contributed by atoms with Gasteiger partial charge in [-0.25, -0.2) is 18.6 Å². The molecule has 1 fully saturated rings. The summed E-state index contributed by atoms with van der Waals surface area (Å²) < 4.78 is 42.3. The van der Waals surface area contributed by atoms with Crippen LogP contribution in [0.1, 0.15) is 78.3 Å². The molecule has 2 atom stereocenters. The number of ether oxygens (including phenoxy) is 2. The fourth-order valence-corrected chi connectivity index (χ4v) is 9.87. The second-order valence-electron chi connectivity index (χ2n) is 17.3. The summed E-state index contributed by atoms with van der Waals surface area (Å²) in [7, 11) is -0.591. The minimum Gasteiger partial charge on any atom is -0.492 e. The predicted molar refractivity (Wildman–Crippen MR) is 255 cm³/mol. The standard InChI is InChI=1S/C49H62ClN7O7S/c1-6-8-21-55(22-9-7-2)49(60)46-45(50)34(3)51-57(46)38-18-20-41(43(30-38)48(59)56-32-37-14-11-10-13-36(37)29-39(56)33-53(4)5)47(58)52-65(61,62)40-19-17-35-15-12-16-44(42(35)31-40)64-28-25-54-23-26-63-27-24-54/h10-20,30-31,34,39,51H,6-9,21-29,32-33H2,1-5H3,(H,52,58). The van der Waals surface area contributed by atoms with E-state index >= 15 is 4.79 Å². The Kier molecular flexibility index (Phi) is 15.9. The first-order chi connectivity index (χ1) is 31.3. The molecular weight excluding hydrogens is 866 g/mol. The van der Waals surface area contributed by atoms with Crippen molar-refractivity contribution < 1.29 is 32.3 Å². The van der Waals surface area contributed by atoms with Crippen LogP contribution in [0.25, 0.3) is 10.8 Å². The number of nitrogens with one attached hydrogen (secondary N) is 2. The third-order valence-electron chi connectivity index (χ3n) is 12.3. The number of carbonyl (C=O) groups excluding carboxylic acids is 3. The minimum absolute atomic E-state index is 0.0223. The van der Waals surface area contributed by atoms with Gasteiger partial charge in [-0.05, 0) is 93.2 Å². The van der Waals surface area contributed by atoms with Gasteiger partial charge in [-0.15, -0.1) is 0 Å². The van der Waals surface area contributed by atoms with Crippen LogP contribution in [0, 0.1) is 0 Å². The van der Waals surface area contributed by atoms with Gasteiger partial charge in [-0.1, -0.05) is 80.8 Å². The Labute approximate surface area is 388 Å². The van der Waals surface area contributed by atoms with Crippen molar-refractivity contribution in [3.05, 3.63) is 112 Å². The first-order valence-electron chi connectivity index (χ1n) is 22.7. The van der Waals surface area contributed by atoms with E-state index in [0.717, 1.165) is 55.3 Å². The maximum atomic E-state index is 15.2. The molecule has 14 nitrogen and oxygen atoms in total. The molecule has 0 aliphatic carbocycles. The van der Waals surface area contributed by atoms with Gasteiger partial charge in [0.15, 0.2) is 0 Å². The zero-order valence-corrected chi connectivity index (χ0v) is 39.7.